The van der Waals surface area contributed by atoms with E-state index in [1.54, 1.807) is 6.20 Å². The van der Waals surface area contributed by atoms with Crippen molar-refractivity contribution in [1.29, 1.82) is 0 Å². The van der Waals surface area contributed by atoms with E-state index in [4.69, 9.17) is 24.7 Å². The molecule has 6 rings (SSSR count). The molecule has 0 aliphatic carbocycles. The Bertz CT molecular complexity index is 1230. The van der Waals surface area contributed by atoms with Gasteiger partial charge >= 0.3 is 0 Å². The van der Waals surface area contributed by atoms with E-state index in [2.05, 4.69) is 46.6 Å². The van der Waals surface area contributed by atoms with E-state index in [1.165, 1.54) is 0 Å². The molecule has 190 valence electrons. The summed E-state index contributed by atoms with van der Waals surface area (Å²) in [6, 6.07) is 30.9. The summed E-state index contributed by atoms with van der Waals surface area (Å²) in [5.41, 5.74) is 9.16. The van der Waals surface area contributed by atoms with E-state index < -0.39 is 17.5 Å². The number of nitrogen functional groups attached to an aromatic ring is 1. The number of fused-ring (bicyclic) bond motifs is 1. The number of ether oxygens (including phenoxy) is 4. The topological polar surface area (TPSA) is 91.6 Å². The van der Waals surface area contributed by atoms with Crippen molar-refractivity contribution in [2.24, 2.45) is 0 Å². The zero-order valence-electron chi connectivity index (χ0n) is 20.9. The number of nitrogens with two attached hydrogens (primary N) is 1. The van der Waals surface area contributed by atoms with E-state index in [0.29, 0.717) is 5.82 Å². The van der Waals surface area contributed by atoms with Gasteiger partial charge < -0.3 is 24.7 Å². The second-order valence-corrected chi connectivity index (χ2v) is 9.99. The van der Waals surface area contributed by atoms with E-state index in [-0.39, 0.29) is 24.9 Å². The van der Waals surface area contributed by atoms with Crippen LogP contribution in [-0.2, 0) is 24.5 Å². The number of aromatic amines is 1. The van der Waals surface area contributed by atoms with Crippen LogP contribution in [-0.4, -0.2) is 40.9 Å². The quantitative estimate of drug-likeness (QED) is 0.351. The molecular weight excluding hydrogens is 466 g/mol. The molecule has 0 radical (unpaired) electrons. The van der Waals surface area contributed by atoms with Gasteiger partial charge in [0.2, 0.25) is 0 Å². The Labute approximate surface area is 216 Å². The van der Waals surface area contributed by atoms with Crippen molar-refractivity contribution in [3.8, 4) is 0 Å². The van der Waals surface area contributed by atoms with Gasteiger partial charge in [-0.3, -0.25) is 5.10 Å². The summed E-state index contributed by atoms with van der Waals surface area (Å²) >= 11 is 0. The predicted molar refractivity (Wildman–Crippen MR) is 140 cm³/mol. The average Bonchev–Trinajstić information content (AvgIpc) is 3.58. The van der Waals surface area contributed by atoms with Crippen molar-refractivity contribution in [2.45, 2.75) is 49.7 Å². The van der Waals surface area contributed by atoms with Crippen molar-refractivity contribution < 1.29 is 18.9 Å². The highest BCUT2D eigenvalue weighted by molar-refractivity contribution is 5.47. The molecule has 3 heterocycles. The molecule has 0 saturated carbocycles. The third-order valence-electron chi connectivity index (χ3n) is 7.16. The molecule has 7 heteroatoms. The minimum absolute atomic E-state index is 0.271. The molecule has 7 nitrogen and oxygen atoms in total. The van der Waals surface area contributed by atoms with Gasteiger partial charge in [0.15, 0.2) is 5.79 Å². The number of benzene rings is 3. The lowest BCUT2D eigenvalue weighted by Crippen LogP contribution is -2.39. The molecule has 3 aromatic carbocycles. The molecule has 4 atom stereocenters. The second-order valence-electron chi connectivity index (χ2n) is 9.99. The van der Waals surface area contributed by atoms with Crippen molar-refractivity contribution in [3.05, 3.63) is 119 Å². The first-order chi connectivity index (χ1) is 18.0. The summed E-state index contributed by atoms with van der Waals surface area (Å²) in [6.45, 7) is 4.11. The number of nitrogens with zero attached hydrogens (tertiary/aromatic N) is 1. The first-order valence-electron chi connectivity index (χ1n) is 12.6. The summed E-state index contributed by atoms with van der Waals surface area (Å²) in [5.74, 6) is -0.283. The van der Waals surface area contributed by atoms with Crippen molar-refractivity contribution >= 4 is 5.82 Å². The molecule has 0 unspecified atom stereocenters. The van der Waals surface area contributed by atoms with Gasteiger partial charge in [-0.25, -0.2) is 0 Å². The van der Waals surface area contributed by atoms with Crippen molar-refractivity contribution in [1.82, 2.24) is 10.2 Å². The molecule has 0 spiro atoms. The second kappa shape index (κ2) is 9.43. The first-order valence-corrected chi connectivity index (χ1v) is 12.6. The van der Waals surface area contributed by atoms with Crippen LogP contribution in [0.4, 0.5) is 5.82 Å². The van der Waals surface area contributed by atoms with Gasteiger partial charge in [0, 0.05) is 5.56 Å². The molecule has 2 aliphatic heterocycles. The third-order valence-corrected chi connectivity index (χ3v) is 7.16. The molecule has 1 aromatic heterocycles. The van der Waals surface area contributed by atoms with Crippen LogP contribution in [0.1, 0.15) is 42.2 Å². The van der Waals surface area contributed by atoms with Gasteiger partial charge in [-0.05, 0) is 30.5 Å². The third kappa shape index (κ3) is 4.24. The highest BCUT2D eigenvalue weighted by Gasteiger charge is 2.56. The Morgan fingerprint density at radius 3 is 1.84 bits per heavy atom. The summed E-state index contributed by atoms with van der Waals surface area (Å²) in [4.78, 5) is 0. The van der Waals surface area contributed by atoms with Crippen molar-refractivity contribution in [2.75, 3.05) is 12.3 Å². The van der Waals surface area contributed by atoms with Gasteiger partial charge in [-0.15, -0.1) is 0 Å². The zero-order valence-corrected chi connectivity index (χ0v) is 20.9. The van der Waals surface area contributed by atoms with Crippen LogP contribution in [0.2, 0.25) is 0 Å². The SMILES string of the molecule is CC1(C)O[C@@H]2[C@H](O1)[C@@H](COC(c1ccccc1)(c1ccccc1)c1ccccc1)O[C@H]2c1cn[nH]c1N. The summed E-state index contributed by atoms with van der Waals surface area (Å²) in [6.07, 6.45) is 0.231. The van der Waals surface area contributed by atoms with Gasteiger partial charge in [0.05, 0.1) is 12.8 Å². The number of anilines is 1. The summed E-state index contributed by atoms with van der Waals surface area (Å²) < 4.78 is 26.2. The number of aromatic nitrogens is 2. The largest absolute Gasteiger partial charge is 0.384 e. The van der Waals surface area contributed by atoms with Crippen LogP contribution in [0.15, 0.2) is 97.2 Å². The smallest absolute Gasteiger partial charge is 0.164 e. The predicted octanol–water partition coefficient (Wildman–Crippen LogP) is 4.96. The van der Waals surface area contributed by atoms with E-state index in [9.17, 15) is 0 Å². The Morgan fingerprint density at radius 1 is 0.838 bits per heavy atom. The summed E-state index contributed by atoms with van der Waals surface area (Å²) in [7, 11) is 0. The van der Waals surface area contributed by atoms with Gasteiger partial charge in [-0.2, -0.15) is 5.10 Å². The molecule has 2 aliphatic rings. The number of rotatable bonds is 7. The maximum absolute atomic E-state index is 7.03. The van der Waals surface area contributed by atoms with Crippen LogP contribution in [0.5, 0.6) is 0 Å². The maximum Gasteiger partial charge on any atom is 0.164 e. The Kier molecular flexibility index (Phi) is 6.09. The normalized spacial score (nSPS) is 24.7. The monoisotopic (exact) mass is 497 g/mol. The summed E-state index contributed by atoms with van der Waals surface area (Å²) in [5, 5.41) is 6.89. The molecule has 0 bridgehead atoms. The van der Waals surface area contributed by atoms with Crippen LogP contribution >= 0.6 is 0 Å². The van der Waals surface area contributed by atoms with Crippen LogP contribution in [0.25, 0.3) is 0 Å². The highest BCUT2D eigenvalue weighted by atomic mass is 16.8. The lowest BCUT2D eigenvalue weighted by atomic mass is 9.80. The van der Waals surface area contributed by atoms with Crippen LogP contribution in [0, 0.1) is 0 Å². The highest BCUT2D eigenvalue weighted by Crippen LogP contribution is 2.47. The molecular formula is C30H31N3O4. The van der Waals surface area contributed by atoms with E-state index in [1.807, 2.05) is 68.4 Å². The molecule has 2 fully saturated rings. The lowest BCUT2D eigenvalue weighted by molar-refractivity contribution is -0.196. The zero-order chi connectivity index (χ0) is 25.5. The molecule has 3 N–H and O–H groups in total. The van der Waals surface area contributed by atoms with Crippen LogP contribution in [0.3, 0.4) is 0 Å². The molecule has 2 saturated heterocycles. The van der Waals surface area contributed by atoms with Gasteiger partial charge in [0.1, 0.15) is 35.8 Å². The Balaban J connectivity index is 1.40. The minimum atomic E-state index is -0.857. The van der Waals surface area contributed by atoms with E-state index in [0.717, 1.165) is 22.3 Å². The molecule has 4 aromatic rings. The van der Waals surface area contributed by atoms with Crippen LogP contribution < -0.4 is 5.73 Å². The number of hydrogen-bond acceptors (Lipinski definition) is 6. The number of H-pyrrole nitrogens is 1. The standard InChI is InChI=1S/C30H31N3O4/c1-29(2)36-26-24(35-25(27(26)37-29)23-18-32-33-28(23)31)19-34-30(20-12-6-3-7-13-20,21-14-8-4-9-15-21)22-16-10-5-11-17-22/h3-18,24-27H,19H2,1-2H3,(H3,31,32,33)/t24-,25+,26-,27+/m1/s1. The van der Waals surface area contributed by atoms with E-state index >= 15 is 0 Å². The first kappa shape index (κ1) is 23.9. The van der Waals surface area contributed by atoms with Crippen molar-refractivity contribution in [3.63, 3.8) is 0 Å². The minimum Gasteiger partial charge on any atom is -0.384 e. The fraction of sp³-hybridized carbons (Fsp3) is 0.300. The van der Waals surface area contributed by atoms with Gasteiger partial charge in [-0.1, -0.05) is 91.0 Å². The Morgan fingerprint density at radius 2 is 1.35 bits per heavy atom. The molecule has 37 heavy (non-hydrogen) atoms. The lowest BCUT2D eigenvalue weighted by Gasteiger charge is -2.37. The number of hydrogen-bond donors (Lipinski definition) is 2. The Hall–Kier alpha value is -3.49. The molecule has 0 amide bonds. The number of nitrogens with one attached hydrogen (secondary N) is 1. The fourth-order valence-electron chi connectivity index (χ4n) is 5.57. The average molecular weight is 498 g/mol. The maximum atomic E-state index is 7.03. The fourth-order valence-corrected chi connectivity index (χ4v) is 5.57. The van der Waals surface area contributed by atoms with Gasteiger partial charge in [0.25, 0.3) is 0 Å².